The van der Waals surface area contributed by atoms with E-state index in [1.54, 1.807) is 0 Å². The van der Waals surface area contributed by atoms with E-state index in [9.17, 15) is 10.1 Å². The Bertz CT molecular complexity index is 1150. The fraction of sp³-hybridized carbons (Fsp3) is 0.273. The van der Waals surface area contributed by atoms with E-state index in [2.05, 4.69) is 26.8 Å². The zero-order valence-corrected chi connectivity index (χ0v) is 18.7. The third kappa shape index (κ3) is 4.49. The molecule has 3 heterocycles. The van der Waals surface area contributed by atoms with Crippen LogP contribution in [0.5, 0.6) is 0 Å². The molecule has 0 unspecified atom stereocenters. The number of nitrogens with one attached hydrogen (secondary N) is 2. The van der Waals surface area contributed by atoms with Crippen molar-refractivity contribution in [1.29, 1.82) is 5.26 Å². The number of pyridine rings is 1. The van der Waals surface area contributed by atoms with Gasteiger partial charge < -0.3 is 15.5 Å². The van der Waals surface area contributed by atoms with E-state index < -0.39 is 0 Å². The molecule has 0 saturated carbocycles. The van der Waals surface area contributed by atoms with E-state index in [1.807, 2.05) is 73.2 Å². The van der Waals surface area contributed by atoms with Gasteiger partial charge in [-0.15, -0.1) is 0 Å². The maximum absolute atomic E-state index is 12.1. The van der Waals surface area contributed by atoms with E-state index in [0.29, 0.717) is 18.7 Å². The maximum atomic E-state index is 12.1. The van der Waals surface area contributed by atoms with E-state index >= 15 is 0 Å². The Morgan fingerprint density at radius 1 is 1.32 bits per heavy atom. The highest BCUT2D eigenvalue weighted by Crippen LogP contribution is 2.34. The summed E-state index contributed by atoms with van der Waals surface area (Å²) < 4.78 is 1.82. The molecule has 0 spiro atoms. The predicted octanol–water partition coefficient (Wildman–Crippen LogP) is 3.01. The van der Waals surface area contributed by atoms with Crippen LogP contribution in [0.3, 0.4) is 0 Å². The molecule has 1 aliphatic rings. The van der Waals surface area contributed by atoms with Crippen LogP contribution in [0.1, 0.15) is 29.3 Å². The number of amides is 1. The van der Waals surface area contributed by atoms with Crippen molar-refractivity contribution in [3.05, 3.63) is 65.1 Å². The van der Waals surface area contributed by atoms with Gasteiger partial charge in [0.25, 0.3) is 0 Å². The molecule has 160 valence electrons. The molecule has 3 aromatic rings. The SMILES string of the molecule is Cc1nc(NCc2cnn(Cc3ccccc3C#N)c2)cc2c1NC(=O)[C@H](C)N2C.S. The number of anilines is 3. The van der Waals surface area contributed by atoms with Crippen molar-refractivity contribution in [1.82, 2.24) is 14.8 Å². The largest absolute Gasteiger partial charge is 0.366 e. The Labute approximate surface area is 188 Å². The van der Waals surface area contributed by atoms with Crippen LogP contribution in [0.15, 0.2) is 42.7 Å². The molecule has 0 radical (unpaired) electrons. The van der Waals surface area contributed by atoms with Crippen molar-refractivity contribution in [3.63, 3.8) is 0 Å². The summed E-state index contributed by atoms with van der Waals surface area (Å²) in [6, 6.07) is 11.5. The minimum absolute atomic E-state index is 0. The van der Waals surface area contributed by atoms with E-state index in [-0.39, 0.29) is 25.4 Å². The molecule has 9 heteroatoms. The minimum Gasteiger partial charge on any atom is -0.366 e. The van der Waals surface area contributed by atoms with Gasteiger partial charge in [0.15, 0.2) is 0 Å². The van der Waals surface area contributed by atoms with Crippen LogP contribution in [0.4, 0.5) is 17.2 Å². The lowest BCUT2D eigenvalue weighted by Crippen LogP contribution is -2.44. The number of hydrogen-bond acceptors (Lipinski definition) is 6. The summed E-state index contributed by atoms with van der Waals surface area (Å²) in [7, 11) is 1.91. The zero-order chi connectivity index (χ0) is 21.3. The number of likely N-dealkylation sites (N-methyl/N-ethyl adjacent to an activating group) is 1. The highest BCUT2D eigenvalue weighted by molar-refractivity contribution is 7.59. The van der Waals surface area contributed by atoms with Gasteiger partial charge in [0.05, 0.1) is 41.4 Å². The van der Waals surface area contributed by atoms with Gasteiger partial charge in [0.1, 0.15) is 11.9 Å². The highest BCUT2D eigenvalue weighted by Gasteiger charge is 2.28. The maximum Gasteiger partial charge on any atom is 0.246 e. The van der Waals surface area contributed by atoms with Gasteiger partial charge in [0.2, 0.25) is 5.91 Å². The van der Waals surface area contributed by atoms with Crippen LogP contribution in [-0.2, 0) is 17.9 Å². The fourth-order valence-corrected chi connectivity index (χ4v) is 3.51. The second-order valence-corrected chi connectivity index (χ2v) is 7.43. The Kier molecular flexibility index (Phi) is 6.51. The first kappa shape index (κ1) is 22.2. The van der Waals surface area contributed by atoms with Gasteiger partial charge in [-0.25, -0.2) is 4.98 Å². The molecule has 2 aromatic heterocycles. The van der Waals surface area contributed by atoms with E-state index in [0.717, 1.165) is 34.0 Å². The van der Waals surface area contributed by atoms with Crippen molar-refractivity contribution in [3.8, 4) is 6.07 Å². The fourth-order valence-electron chi connectivity index (χ4n) is 3.51. The molecule has 1 amide bonds. The lowest BCUT2D eigenvalue weighted by atomic mass is 10.1. The summed E-state index contributed by atoms with van der Waals surface area (Å²) in [5.41, 5.74) is 5.08. The molecule has 0 aliphatic carbocycles. The van der Waals surface area contributed by atoms with Gasteiger partial charge in [-0.2, -0.15) is 23.9 Å². The molecule has 1 aromatic carbocycles. The molecule has 1 aliphatic heterocycles. The van der Waals surface area contributed by atoms with Crippen LogP contribution in [0.25, 0.3) is 0 Å². The second kappa shape index (κ2) is 9.10. The lowest BCUT2D eigenvalue weighted by Gasteiger charge is -2.34. The first-order valence-electron chi connectivity index (χ1n) is 9.75. The third-order valence-corrected chi connectivity index (χ3v) is 5.40. The Balaban J connectivity index is 0.00000272. The Morgan fingerprint density at radius 2 is 2.10 bits per heavy atom. The zero-order valence-electron chi connectivity index (χ0n) is 17.7. The minimum atomic E-state index is -0.235. The van der Waals surface area contributed by atoms with Crippen molar-refractivity contribution in [2.75, 3.05) is 22.6 Å². The van der Waals surface area contributed by atoms with Gasteiger partial charge in [0, 0.05) is 31.4 Å². The third-order valence-electron chi connectivity index (χ3n) is 5.40. The van der Waals surface area contributed by atoms with Crippen molar-refractivity contribution < 1.29 is 4.79 Å². The van der Waals surface area contributed by atoms with Crippen molar-refractivity contribution >= 4 is 36.6 Å². The smallest absolute Gasteiger partial charge is 0.246 e. The summed E-state index contributed by atoms with van der Waals surface area (Å²) in [5.74, 6) is 0.713. The molecule has 0 saturated heterocycles. The first-order chi connectivity index (χ1) is 14.5. The standard InChI is InChI=1S/C22H23N7O.H2S/c1-14-21-19(28(3)15(2)22(30)27-21)8-20(26-14)24-10-16-11-25-29(12-16)13-18-7-5-4-6-17(18)9-23;/h4-8,11-12,15H,10,13H2,1-3H3,(H,24,26)(H,27,30);1H2/t15-;/m0./s1. The molecule has 8 nitrogen and oxygen atoms in total. The normalized spacial score (nSPS) is 14.8. The van der Waals surface area contributed by atoms with Gasteiger partial charge in [-0.3, -0.25) is 9.48 Å². The Morgan fingerprint density at radius 3 is 2.87 bits per heavy atom. The number of aryl methyl sites for hydroxylation is 1. The molecule has 4 rings (SSSR count). The number of aromatic nitrogens is 3. The molecule has 0 bridgehead atoms. The molecule has 1 atom stereocenters. The van der Waals surface area contributed by atoms with Crippen LogP contribution in [-0.4, -0.2) is 33.8 Å². The summed E-state index contributed by atoms with van der Waals surface area (Å²) in [5, 5.41) is 19.9. The lowest BCUT2D eigenvalue weighted by molar-refractivity contribution is -0.117. The van der Waals surface area contributed by atoms with Gasteiger partial charge >= 0.3 is 0 Å². The van der Waals surface area contributed by atoms with Crippen molar-refractivity contribution in [2.24, 2.45) is 0 Å². The Hall–Kier alpha value is -3.51. The van der Waals surface area contributed by atoms with Crippen LogP contribution in [0, 0.1) is 18.3 Å². The number of benzene rings is 1. The van der Waals surface area contributed by atoms with Crippen LogP contribution >= 0.6 is 13.5 Å². The monoisotopic (exact) mass is 435 g/mol. The quantitative estimate of drug-likeness (QED) is 0.639. The second-order valence-electron chi connectivity index (χ2n) is 7.43. The predicted molar refractivity (Wildman–Crippen MR) is 126 cm³/mol. The van der Waals surface area contributed by atoms with E-state index in [1.165, 1.54) is 0 Å². The number of nitriles is 1. The van der Waals surface area contributed by atoms with E-state index in [4.69, 9.17) is 0 Å². The molecular weight excluding hydrogens is 410 g/mol. The summed E-state index contributed by atoms with van der Waals surface area (Å²) in [4.78, 5) is 18.6. The van der Waals surface area contributed by atoms with Gasteiger partial charge in [-0.1, -0.05) is 18.2 Å². The number of rotatable bonds is 5. The summed E-state index contributed by atoms with van der Waals surface area (Å²) in [6.45, 7) is 4.87. The number of carbonyl (C=O) groups excluding carboxylic acids is 1. The van der Waals surface area contributed by atoms with Gasteiger partial charge in [-0.05, 0) is 25.5 Å². The number of fused-ring (bicyclic) bond motifs is 1. The first-order valence-corrected chi connectivity index (χ1v) is 9.75. The van der Waals surface area contributed by atoms with Crippen LogP contribution < -0.4 is 15.5 Å². The molecular formula is C22H25N7OS. The summed E-state index contributed by atoms with van der Waals surface area (Å²) >= 11 is 0. The number of hydrogen-bond donors (Lipinski definition) is 2. The highest BCUT2D eigenvalue weighted by atomic mass is 32.1. The molecule has 2 N–H and O–H groups in total. The number of nitrogens with zero attached hydrogens (tertiary/aromatic N) is 5. The average Bonchev–Trinajstić information content (AvgIpc) is 3.19. The van der Waals surface area contributed by atoms with Crippen molar-refractivity contribution in [2.45, 2.75) is 33.0 Å². The topological polar surface area (TPSA) is 98.9 Å². The molecule has 0 fully saturated rings. The average molecular weight is 436 g/mol. The molecule has 31 heavy (non-hydrogen) atoms. The number of carbonyl (C=O) groups is 1. The van der Waals surface area contributed by atoms with Crippen LogP contribution in [0.2, 0.25) is 0 Å². The summed E-state index contributed by atoms with van der Waals surface area (Å²) in [6.07, 6.45) is 3.77.